The van der Waals surface area contributed by atoms with Gasteiger partial charge in [0.05, 0.1) is 11.5 Å². The maximum absolute atomic E-state index is 10.6. The van der Waals surface area contributed by atoms with Crippen LogP contribution in [0.15, 0.2) is 0 Å². The average Bonchev–Trinajstić information content (AvgIpc) is 1.78. The van der Waals surface area contributed by atoms with Crippen LogP contribution in [0.1, 0.15) is 12.8 Å². The lowest BCUT2D eigenvalue weighted by molar-refractivity contribution is 0.488. The van der Waals surface area contributed by atoms with Crippen LogP contribution in [0.3, 0.4) is 0 Å². The highest BCUT2D eigenvalue weighted by Crippen LogP contribution is 2.22. The first-order valence-corrected chi connectivity index (χ1v) is 5.37. The molecule has 0 amide bonds. The molecule has 4 heteroatoms. The largest absolute Gasteiger partial charge is 0.330 e. The van der Waals surface area contributed by atoms with Gasteiger partial charge in [0.25, 0.3) is 0 Å². The minimum atomic E-state index is -2.60. The van der Waals surface area contributed by atoms with Gasteiger partial charge in [-0.15, -0.1) is 0 Å². The SMILES string of the molecule is NCCCC1CS(=O)(=O)C1. The zero-order valence-corrected chi connectivity index (χ0v) is 6.73. The summed E-state index contributed by atoms with van der Waals surface area (Å²) in [6, 6.07) is 0. The first-order valence-electron chi connectivity index (χ1n) is 3.54. The molecule has 1 aliphatic heterocycles. The third-order valence-corrected chi connectivity index (χ3v) is 3.75. The standard InChI is InChI=1S/C6H13NO2S/c7-3-1-2-6-4-10(8,9)5-6/h6H,1-5,7H2. The Balaban J connectivity index is 2.15. The monoisotopic (exact) mass is 163 g/mol. The van der Waals surface area contributed by atoms with E-state index in [1.165, 1.54) is 0 Å². The first kappa shape index (κ1) is 8.01. The summed E-state index contributed by atoms with van der Waals surface area (Å²) >= 11 is 0. The van der Waals surface area contributed by atoms with Crippen LogP contribution in [0.2, 0.25) is 0 Å². The van der Waals surface area contributed by atoms with Crippen LogP contribution in [0.5, 0.6) is 0 Å². The number of rotatable bonds is 3. The molecule has 3 nitrogen and oxygen atoms in total. The number of sulfone groups is 1. The van der Waals surface area contributed by atoms with Gasteiger partial charge in [-0.1, -0.05) is 0 Å². The van der Waals surface area contributed by atoms with E-state index in [2.05, 4.69) is 0 Å². The molecule has 1 saturated heterocycles. The Bertz CT molecular complexity index is 186. The molecule has 10 heavy (non-hydrogen) atoms. The van der Waals surface area contributed by atoms with E-state index in [1.54, 1.807) is 0 Å². The van der Waals surface area contributed by atoms with Gasteiger partial charge in [-0.05, 0) is 25.3 Å². The fourth-order valence-electron chi connectivity index (χ4n) is 1.24. The Morgan fingerprint density at radius 2 is 2.00 bits per heavy atom. The lowest BCUT2D eigenvalue weighted by atomic mass is 10.1. The molecule has 0 aliphatic carbocycles. The van der Waals surface area contributed by atoms with E-state index in [9.17, 15) is 8.42 Å². The highest BCUT2D eigenvalue weighted by molar-refractivity contribution is 7.92. The average molecular weight is 163 g/mol. The molecule has 1 rings (SSSR count). The van der Waals surface area contributed by atoms with E-state index < -0.39 is 9.84 Å². The van der Waals surface area contributed by atoms with Crippen molar-refractivity contribution in [1.82, 2.24) is 0 Å². The van der Waals surface area contributed by atoms with Gasteiger partial charge < -0.3 is 5.73 Å². The number of nitrogens with two attached hydrogens (primary N) is 1. The van der Waals surface area contributed by atoms with Crippen molar-refractivity contribution in [2.24, 2.45) is 11.7 Å². The predicted octanol–water partition coefficient (Wildman–Crippen LogP) is -0.230. The molecule has 1 aliphatic rings. The van der Waals surface area contributed by atoms with E-state index in [1.807, 2.05) is 0 Å². The summed E-state index contributed by atoms with van der Waals surface area (Å²) in [5, 5.41) is 0. The maximum Gasteiger partial charge on any atom is 0.150 e. The summed E-state index contributed by atoms with van der Waals surface area (Å²) in [5.74, 6) is 1.20. The van der Waals surface area contributed by atoms with Crippen molar-refractivity contribution in [3.63, 3.8) is 0 Å². The second-order valence-electron chi connectivity index (χ2n) is 2.87. The van der Waals surface area contributed by atoms with Crippen molar-refractivity contribution in [1.29, 1.82) is 0 Å². The molecule has 0 spiro atoms. The van der Waals surface area contributed by atoms with Crippen LogP contribution in [0, 0.1) is 5.92 Å². The normalized spacial score (nSPS) is 24.1. The topological polar surface area (TPSA) is 60.2 Å². The Labute approximate surface area is 61.5 Å². The van der Waals surface area contributed by atoms with Crippen LogP contribution in [0.4, 0.5) is 0 Å². The predicted molar refractivity (Wildman–Crippen MR) is 40.4 cm³/mol. The number of hydrogen-bond donors (Lipinski definition) is 1. The zero-order valence-electron chi connectivity index (χ0n) is 5.91. The molecule has 0 aromatic carbocycles. The molecular weight excluding hydrogens is 150 g/mol. The molecule has 0 bridgehead atoms. The third-order valence-electron chi connectivity index (χ3n) is 1.80. The molecular formula is C6H13NO2S. The lowest BCUT2D eigenvalue weighted by Crippen LogP contribution is -2.36. The summed E-state index contributed by atoms with van der Waals surface area (Å²) in [7, 11) is -2.60. The minimum absolute atomic E-state index is 0.396. The quantitative estimate of drug-likeness (QED) is 0.625. The van der Waals surface area contributed by atoms with Gasteiger partial charge in [0.15, 0.2) is 9.84 Å². The molecule has 0 atom stereocenters. The molecule has 2 N–H and O–H groups in total. The van der Waals surface area contributed by atoms with E-state index in [0.29, 0.717) is 24.0 Å². The lowest BCUT2D eigenvalue weighted by Gasteiger charge is -2.25. The molecule has 1 fully saturated rings. The molecule has 60 valence electrons. The van der Waals surface area contributed by atoms with Gasteiger partial charge in [-0.25, -0.2) is 8.42 Å². The van der Waals surface area contributed by atoms with Crippen molar-refractivity contribution >= 4 is 9.84 Å². The van der Waals surface area contributed by atoms with Crippen LogP contribution < -0.4 is 5.73 Å². The van der Waals surface area contributed by atoms with Crippen molar-refractivity contribution in [2.45, 2.75) is 12.8 Å². The summed E-state index contributed by atoms with van der Waals surface area (Å²) in [6.07, 6.45) is 1.94. The Kier molecular flexibility index (Phi) is 2.31. The van der Waals surface area contributed by atoms with Crippen molar-refractivity contribution < 1.29 is 8.42 Å². The minimum Gasteiger partial charge on any atom is -0.330 e. The van der Waals surface area contributed by atoms with Gasteiger partial charge in [-0.3, -0.25) is 0 Å². The van der Waals surface area contributed by atoms with Gasteiger partial charge in [0.1, 0.15) is 0 Å². The molecule has 1 heterocycles. The van der Waals surface area contributed by atoms with Crippen molar-refractivity contribution in [3.05, 3.63) is 0 Å². The highest BCUT2D eigenvalue weighted by atomic mass is 32.2. The van der Waals surface area contributed by atoms with E-state index in [0.717, 1.165) is 12.8 Å². The Hall–Kier alpha value is -0.0900. The van der Waals surface area contributed by atoms with E-state index in [4.69, 9.17) is 5.73 Å². The fraction of sp³-hybridized carbons (Fsp3) is 1.00. The molecule has 0 radical (unpaired) electrons. The van der Waals surface area contributed by atoms with Crippen molar-refractivity contribution in [2.75, 3.05) is 18.1 Å². The summed E-state index contributed by atoms with van der Waals surface area (Å²) in [4.78, 5) is 0. The second kappa shape index (κ2) is 2.88. The molecule has 0 unspecified atom stereocenters. The van der Waals surface area contributed by atoms with Crippen LogP contribution >= 0.6 is 0 Å². The number of hydrogen-bond acceptors (Lipinski definition) is 3. The van der Waals surface area contributed by atoms with Crippen molar-refractivity contribution in [3.8, 4) is 0 Å². The first-order chi connectivity index (χ1) is 4.64. The summed E-state index contributed by atoms with van der Waals surface area (Å²) < 4.78 is 21.3. The van der Waals surface area contributed by atoms with Gasteiger partial charge in [-0.2, -0.15) is 0 Å². The summed E-state index contributed by atoms with van der Waals surface area (Å²) in [5.41, 5.74) is 5.27. The van der Waals surface area contributed by atoms with Gasteiger partial charge in [0.2, 0.25) is 0 Å². The molecule has 0 aromatic rings. The zero-order chi connectivity index (χ0) is 7.61. The fourth-order valence-corrected chi connectivity index (χ4v) is 2.91. The smallest absolute Gasteiger partial charge is 0.150 e. The van der Waals surface area contributed by atoms with E-state index in [-0.39, 0.29) is 0 Å². The Morgan fingerprint density at radius 3 is 2.40 bits per heavy atom. The Morgan fingerprint density at radius 1 is 1.40 bits per heavy atom. The second-order valence-corrected chi connectivity index (χ2v) is 5.03. The third kappa shape index (κ3) is 1.95. The molecule has 0 saturated carbocycles. The van der Waals surface area contributed by atoms with Crippen LogP contribution in [-0.2, 0) is 9.84 Å². The van der Waals surface area contributed by atoms with Gasteiger partial charge >= 0.3 is 0 Å². The maximum atomic E-state index is 10.6. The molecule has 0 aromatic heterocycles. The highest BCUT2D eigenvalue weighted by Gasteiger charge is 2.32. The van der Waals surface area contributed by atoms with E-state index >= 15 is 0 Å². The van der Waals surface area contributed by atoms with Crippen LogP contribution in [0.25, 0.3) is 0 Å². The van der Waals surface area contributed by atoms with Crippen LogP contribution in [-0.4, -0.2) is 26.5 Å². The summed E-state index contributed by atoms with van der Waals surface area (Å²) in [6.45, 7) is 0.677. The van der Waals surface area contributed by atoms with Gasteiger partial charge in [0, 0.05) is 0 Å².